The van der Waals surface area contributed by atoms with E-state index in [4.69, 9.17) is 5.11 Å². The monoisotopic (exact) mass is 158 g/mol. The van der Waals surface area contributed by atoms with Crippen LogP contribution in [-0.2, 0) is 4.79 Å². The number of rotatable bonds is 4. The van der Waals surface area contributed by atoms with Gasteiger partial charge in [0.05, 0.1) is 5.92 Å². The van der Waals surface area contributed by atoms with E-state index >= 15 is 0 Å². The molecule has 2 heteroatoms. The maximum Gasteiger partial charge on any atom is 0.306 e. The van der Waals surface area contributed by atoms with Gasteiger partial charge >= 0.3 is 5.97 Å². The fourth-order valence-corrected chi connectivity index (χ4v) is 1.20. The Kier molecular flexibility index (Phi) is 3.56. The summed E-state index contributed by atoms with van der Waals surface area (Å²) in [6.45, 7) is 7.87. The summed E-state index contributed by atoms with van der Waals surface area (Å²) < 4.78 is 0. The van der Waals surface area contributed by atoms with Gasteiger partial charge in [-0.2, -0.15) is 0 Å². The average molecular weight is 158 g/mol. The first-order valence-electron chi connectivity index (χ1n) is 4.14. The number of carboxylic acid groups (broad SMARTS) is 1. The second kappa shape index (κ2) is 3.74. The van der Waals surface area contributed by atoms with Crippen LogP contribution in [0.25, 0.3) is 0 Å². The minimum Gasteiger partial charge on any atom is -0.481 e. The molecule has 0 aromatic carbocycles. The molecule has 2 nitrogen and oxygen atoms in total. The van der Waals surface area contributed by atoms with Gasteiger partial charge in [-0.05, 0) is 11.8 Å². The first-order valence-corrected chi connectivity index (χ1v) is 4.14. The molecule has 1 atom stereocenters. The number of carboxylic acids is 1. The number of carbonyl (C=O) groups is 1. The number of hydrogen-bond acceptors (Lipinski definition) is 1. The Morgan fingerprint density at radius 1 is 1.55 bits per heavy atom. The summed E-state index contributed by atoms with van der Waals surface area (Å²) in [6.07, 6.45) is 2.02. The van der Waals surface area contributed by atoms with Crippen molar-refractivity contribution in [2.75, 3.05) is 0 Å². The molecule has 0 aliphatic carbocycles. The van der Waals surface area contributed by atoms with Crippen molar-refractivity contribution < 1.29 is 9.90 Å². The zero-order valence-electron chi connectivity index (χ0n) is 7.85. The summed E-state index contributed by atoms with van der Waals surface area (Å²) in [5, 5.41) is 8.74. The average Bonchev–Trinajstić information content (AvgIpc) is 1.86. The molecule has 0 fully saturated rings. The van der Waals surface area contributed by atoms with Crippen LogP contribution in [0.4, 0.5) is 0 Å². The molecular weight excluding hydrogens is 140 g/mol. The first-order chi connectivity index (χ1) is 4.91. The van der Waals surface area contributed by atoms with Crippen LogP contribution in [0.15, 0.2) is 0 Å². The number of aliphatic carboxylic acids is 1. The largest absolute Gasteiger partial charge is 0.481 e. The highest BCUT2D eigenvalue weighted by molar-refractivity contribution is 5.70. The molecule has 0 heterocycles. The smallest absolute Gasteiger partial charge is 0.306 e. The summed E-state index contributed by atoms with van der Waals surface area (Å²) in [5.41, 5.74) is -0.0689. The SMILES string of the molecule is CCCC(C)(C)C(C)C(=O)O. The molecule has 0 bridgehead atoms. The Morgan fingerprint density at radius 2 is 2.00 bits per heavy atom. The molecule has 1 N–H and O–H groups in total. The summed E-state index contributed by atoms with van der Waals surface area (Å²) in [4.78, 5) is 10.6. The van der Waals surface area contributed by atoms with E-state index in [0.717, 1.165) is 12.8 Å². The molecular formula is C9H18O2. The third-order valence-electron chi connectivity index (χ3n) is 2.44. The van der Waals surface area contributed by atoms with Crippen molar-refractivity contribution in [3.63, 3.8) is 0 Å². The molecule has 0 radical (unpaired) electrons. The second-order valence-electron chi connectivity index (χ2n) is 3.80. The van der Waals surface area contributed by atoms with Crippen LogP contribution in [0.2, 0.25) is 0 Å². The molecule has 66 valence electrons. The van der Waals surface area contributed by atoms with E-state index in [9.17, 15) is 4.79 Å². The molecule has 0 rings (SSSR count). The summed E-state index contributed by atoms with van der Waals surface area (Å²) in [5.74, 6) is -0.939. The van der Waals surface area contributed by atoms with Crippen LogP contribution in [0.3, 0.4) is 0 Å². The zero-order chi connectivity index (χ0) is 9.07. The first kappa shape index (κ1) is 10.5. The van der Waals surface area contributed by atoms with Crippen LogP contribution in [0.1, 0.15) is 40.5 Å². The lowest BCUT2D eigenvalue weighted by molar-refractivity contribution is -0.145. The zero-order valence-corrected chi connectivity index (χ0v) is 7.85. The van der Waals surface area contributed by atoms with Gasteiger partial charge in [0.15, 0.2) is 0 Å². The van der Waals surface area contributed by atoms with Gasteiger partial charge in [-0.1, -0.05) is 34.1 Å². The molecule has 0 spiro atoms. The van der Waals surface area contributed by atoms with Crippen LogP contribution < -0.4 is 0 Å². The molecule has 1 unspecified atom stereocenters. The molecule has 11 heavy (non-hydrogen) atoms. The van der Waals surface area contributed by atoms with E-state index in [1.54, 1.807) is 6.92 Å². The van der Waals surface area contributed by atoms with E-state index in [1.165, 1.54) is 0 Å². The van der Waals surface area contributed by atoms with Gasteiger partial charge in [-0.3, -0.25) is 4.79 Å². The summed E-state index contributed by atoms with van der Waals surface area (Å²) in [7, 11) is 0. The van der Waals surface area contributed by atoms with Crippen molar-refractivity contribution in [1.29, 1.82) is 0 Å². The van der Waals surface area contributed by atoms with Crippen molar-refractivity contribution in [3.05, 3.63) is 0 Å². The highest BCUT2D eigenvalue weighted by Crippen LogP contribution is 2.31. The summed E-state index contributed by atoms with van der Waals surface area (Å²) >= 11 is 0. The standard InChI is InChI=1S/C9H18O2/c1-5-6-9(3,4)7(2)8(10)11/h7H,5-6H2,1-4H3,(H,10,11). The Labute approximate surface area is 68.6 Å². The van der Waals surface area contributed by atoms with E-state index < -0.39 is 5.97 Å². The minimum absolute atomic E-state index is 0.0689. The molecule has 0 aliphatic rings. The predicted molar refractivity (Wildman–Crippen MR) is 45.5 cm³/mol. The van der Waals surface area contributed by atoms with E-state index in [1.807, 2.05) is 13.8 Å². The molecule has 0 aromatic heterocycles. The van der Waals surface area contributed by atoms with Gasteiger partial charge in [0, 0.05) is 0 Å². The molecule has 0 amide bonds. The van der Waals surface area contributed by atoms with Gasteiger partial charge < -0.3 is 5.11 Å². The molecule has 0 saturated heterocycles. The minimum atomic E-state index is -0.691. The quantitative estimate of drug-likeness (QED) is 0.682. The second-order valence-corrected chi connectivity index (χ2v) is 3.80. The van der Waals surface area contributed by atoms with Crippen LogP contribution in [-0.4, -0.2) is 11.1 Å². The lowest BCUT2D eigenvalue weighted by Crippen LogP contribution is -2.28. The van der Waals surface area contributed by atoms with Crippen molar-refractivity contribution >= 4 is 5.97 Å². The lowest BCUT2D eigenvalue weighted by atomic mass is 9.76. The van der Waals surface area contributed by atoms with Crippen LogP contribution >= 0.6 is 0 Å². The van der Waals surface area contributed by atoms with Crippen molar-refractivity contribution in [3.8, 4) is 0 Å². The topological polar surface area (TPSA) is 37.3 Å². The highest BCUT2D eigenvalue weighted by Gasteiger charge is 2.29. The van der Waals surface area contributed by atoms with E-state index in [2.05, 4.69) is 6.92 Å². The van der Waals surface area contributed by atoms with E-state index in [0.29, 0.717) is 0 Å². The third-order valence-corrected chi connectivity index (χ3v) is 2.44. The van der Waals surface area contributed by atoms with Crippen molar-refractivity contribution in [2.24, 2.45) is 11.3 Å². The predicted octanol–water partition coefficient (Wildman–Crippen LogP) is 2.53. The molecule has 0 aromatic rings. The van der Waals surface area contributed by atoms with Gasteiger partial charge in [0.1, 0.15) is 0 Å². The maximum atomic E-state index is 10.6. The normalized spacial score (nSPS) is 14.5. The Hall–Kier alpha value is -0.530. The Balaban J connectivity index is 4.16. The van der Waals surface area contributed by atoms with Gasteiger partial charge in [-0.15, -0.1) is 0 Å². The molecule has 0 aliphatic heterocycles. The fraction of sp³-hybridized carbons (Fsp3) is 0.889. The summed E-state index contributed by atoms with van der Waals surface area (Å²) in [6, 6.07) is 0. The van der Waals surface area contributed by atoms with Crippen LogP contribution in [0.5, 0.6) is 0 Å². The van der Waals surface area contributed by atoms with Gasteiger partial charge in [0.25, 0.3) is 0 Å². The lowest BCUT2D eigenvalue weighted by Gasteiger charge is -2.28. The van der Waals surface area contributed by atoms with Crippen LogP contribution in [0, 0.1) is 11.3 Å². The Morgan fingerprint density at radius 3 is 2.27 bits per heavy atom. The van der Waals surface area contributed by atoms with E-state index in [-0.39, 0.29) is 11.3 Å². The van der Waals surface area contributed by atoms with Crippen molar-refractivity contribution in [1.82, 2.24) is 0 Å². The maximum absolute atomic E-state index is 10.6. The van der Waals surface area contributed by atoms with Gasteiger partial charge in [-0.25, -0.2) is 0 Å². The van der Waals surface area contributed by atoms with Crippen molar-refractivity contribution in [2.45, 2.75) is 40.5 Å². The Bertz CT molecular complexity index is 138. The third kappa shape index (κ3) is 2.91. The highest BCUT2D eigenvalue weighted by atomic mass is 16.4. The number of hydrogen-bond donors (Lipinski definition) is 1. The fourth-order valence-electron chi connectivity index (χ4n) is 1.20. The van der Waals surface area contributed by atoms with Gasteiger partial charge in [0.2, 0.25) is 0 Å². The molecule has 0 saturated carbocycles.